The van der Waals surface area contributed by atoms with Gasteiger partial charge in [0.05, 0.1) is 6.04 Å². The molecular weight excluding hydrogens is 126 g/mol. The van der Waals surface area contributed by atoms with Crippen LogP contribution in [-0.4, -0.2) is 23.6 Å². The second-order valence-corrected chi connectivity index (χ2v) is 3.53. The Kier molecular flexibility index (Phi) is 1.05. The Hall–Kier alpha value is -0.600. The van der Waals surface area contributed by atoms with Crippen molar-refractivity contribution < 1.29 is 0 Å². The van der Waals surface area contributed by atoms with Gasteiger partial charge >= 0.3 is 0 Å². The van der Waals surface area contributed by atoms with E-state index in [-0.39, 0.29) is 5.54 Å². The molecule has 56 valence electrons. The molecule has 3 heteroatoms. The van der Waals surface area contributed by atoms with Crippen LogP contribution < -0.4 is 0 Å². The maximum absolute atomic E-state index is 4.26. The fourth-order valence-corrected chi connectivity index (χ4v) is 2.07. The van der Waals surface area contributed by atoms with Crippen LogP contribution in [0.4, 0.5) is 0 Å². The third-order valence-electron chi connectivity index (χ3n) is 2.74. The molecular formula is C7H13N3. The Morgan fingerprint density at radius 3 is 3.10 bits per heavy atom. The standard InChI is InChI=1S/C7H13N3/c1-7-5-3-4-6(7)10(2)9-8-7/h6H,3-5H2,1-2H3. The van der Waals surface area contributed by atoms with Crippen LogP contribution in [0.15, 0.2) is 10.3 Å². The molecule has 1 aliphatic carbocycles. The van der Waals surface area contributed by atoms with Gasteiger partial charge in [0.2, 0.25) is 0 Å². The maximum Gasteiger partial charge on any atom is 0.103 e. The van der Waals surface area contributed by atoms with E-state index in [1.54, 1.807) is 0 Å². The van der Waals surface area contributed by atoms with Crippen LogP contribution in [-0.2, 0) is 0 Å². The molecule has 0 bridgehead atoms. The van der Waals surface area contributed by atoms with E-state index >= 15 is 0 Å². The van der Waals surface area contributed by atoms with E-state index in [1.807, 2.05) is 12.1 Å². The number of hydrogen-bond donors (Lipinski definition) is 0. The highest BCUT2D eigenvalue weighted by atomic mass is 15.6. The van der Waals surface area contributed by atoms with E-state index in [2.05, 4.69) is 17.3 Å². The van der Waals surface area contributed by atoms with Crippen molar-refractivity contribution in [3.8, 4) is 0 Å². The molecule has 2 aliphatic rings. The average molecular weight is 139 g/mol. The Balaban J connectivity index is 2.27. The molecule has 1 aliphatic heterocycles. The SMILES string of the molecule is CN1N=NC2(C)CCCC12. The zero-order valence-corrected chi connectivity index (χ0v) is 6.54. The molecule has 0 N–H and O–H groups in total. The van der Waals surface area contributed by atoms with E-state index in [9.17, 15) is 0 Å². The quantitative estimate of drug-likeness (QED) is 0.501. The zero-order chi connectivity index (χ0) is 7.19. The summed E-state index contributed by atoms with van der Waals surface area (Å²) in [6.45, 7) is 2.21. The minimum atomic E-state index is 0.161. The van der Waals surface area contributed by atoms with Crippen LogP contribution in [0, 0.1) is 0 Å². The summed E-state index contributed by atoms with van der Waals surface area (Å²) < 4.78 is 0. The normalized spacial score (nSPS) is 44.6. The van der Waals surface area contributed by atoms with Gasteiger partial charge in [-0.2, -0.15) is 5.11 Å². The lowest BCUT2D eigenvalue weighted by Crippen LogP contribution is -2.36. The lowest BCUT2D eigenvalue weighted by molar-refractivity contribution is 0.251. The topological polar surface area (TPSA) is 28.0 Å². The molecule has 1 heterocycles. The highest BCUT2D eigenvalue weighted by molar-refractivity contribution is 5.02. The van der Waals surface area contributed by atoms with Crippen molar-refractivity contribution in [2.45, 2.75) is 37.8 Å². The Labute approximate surface area is 61.1 Å². The van der Waals surface area contributed by atoms with E-state index in [1.165, 1.54) is 19.3 Å². The van der Waals surface area contributed by atoms with Gasteiger partial charge in [0.1, 0.15) is 5.54 Å². The summed E-state index contributed by atoms with van der Waals surface area (Å²) in [5.41, 5.74) is 0.161. The van der Waals surface area contributed by atoms with Crippen molar-refractivity contribution >= 4 is 0 Å². The molecule has 1 saturated carbocycles. The molecule has 0 spiro atoms. The van der Waals surface area contributed by atoms with Gasteiger partial charge in [-0.3, -0.25) is 5.01 Å². The number of nitrogens with zero attached hydrogens (tertiary/aromatic N) is 3. The lowest BCUT2D eigenvalue weighted by atomic mass is 9.98. The van der Waals surface area contributed by atoms with Gasteiger partial charge in [-0.05, 0) is 26.2 Å². The number of hydrogen-bond acceptors (Lipinski definition) is 3. The summed E-state index contributed by atoms with van der Waals surface area (Å²) in [5.74, 6) is 0. The Bertz CT molecular complexity index is 178. The highest BCUT2D eigenvalue weighted by Gasteiger charge is 2.45. The molecule has 0 amide bonds. The van der Waals surface area contributed by atoms with Gasteiger partial charge in [0.15, 0.2) is 0 Å². The first kappa shape index (κ1) is 6.13. The summed E-state index contributed by atoms with van der Waals surface area (Å²) in [7, 11) is 2.02. The molecule has 2 atom stereocenters. The van der Waals surface area contributed by atoms with Crippen molar-refractivity contribution in [1.82, 2.24) is 5.01 Å². The van der Waals surface area contributed by atoms with Crippen LogP contribution in [0.25, 0.3) is 0 Å². The molecule has 0 aromatic heterocycles. The molecule has 0 saturated heterocycles. The van der Waals surface area contributed by atoms with Gasteiger partial charge in [-0.15, -0.1) is 0 Å². The maximum atomic E-state index is 4.26. The molecule has 10 heavy (non-hydrogen) atoms. The highest BCUT2D eigenvalue weighted by Crippen LogP contribution is 2.40. The third-order valence-corrected chi connectivity index (χ3v) is 2.74. The Morgan fingerprint density at radius 2 is 2.40 bits per heavy atom. The zero-order valence-electron chi connectivity index (χ0n) is 6.54. The van der Waals surface area contributed by atoms with Crippen molar-refractivity contribution in [1.29, 1.82) is 0 Å². The largest absolute Gasteiger partial charge is 0.276 e. The number of rotatable bonds is 0. The van der Waals surface area contributed by atoms with E-state index < -0.39 is 0 Å². The predicted octanol–water partition coefficient (Wildman–Crippen LogP) is 1.61. The van der Waals surface area contributed by atoms with Crippen molar-refractivity contribution in [2.24, 2.45) is 10.3 Å². The minimum Gasteiger partial charge on any atom is -0.276 e. The molecule has 2 unspecified atom stereocenters. The summed E-state index contributed by atoms with van der Waals surface area (Å²) in [6.07, 6.45) is 3.79. The molecule has 1 fully saturated rings. The first-order valence-electron chi connectivity index (χ1n) is 3.88. The number of fused-ring (bicyclic) bond motifs is 1. The second-order valence-electron chi connectivity index (χ2n) is 3.53. The smallest absolute Gasteiger partial charge is 0.103 e. The van der Waals surface area contributed by atoms with E-state index in [0.717, 1.165) is 0 Å². The Morgan fingerprint density at radius 1 is 1.60 bits per heavy atom. The van der Waals surface area contributed by atoms with Crippen LogP contribution in [0.2, 0.25) is 0 Å². The van der Waals surface area contributed by atoms with E-state index in [4.69, 9.17) is 0 Å². The summed E-state index contributed by atoms with van der Waals surface area (Å²) in [6, 6.07) is 0.590. The predicted molar refractivity (Wildman–Crippen MR) is 38.7 cm³/mol. The second kappa shape index (κ2) is 1.71. The summed E-state index contributed by atoms with van der Waals surface area (Å²) >= 11 is 0. The van der Waals surface area contributed by atoms with Gasteiger partial charge in [0, 0.05) is 7.05 Å². The lowest BCUT2D eigenvalue weighted by Gasteiger charge is -2.22. The first-order chi connectivity index (χ1) is 4.72. The molecule has 0 radical (unpaired) electrons. The van der Waals surface area contributed by atoms with Gasteiger partial charge in [0.25, 0.3) is 0 Å². The van der Waals surface area contributed by atoms with E-state index in [0.29, 0.717) is 6.04 Å². The minimum absolute atomic E-state index is 0.161. The van der Waals surface area contributed by atoms with Crippen LogP contribution in [0.5, 0.6) is 0 Å². The fraction of sp³-hybridized carbons (Fsp3) is 1.00. The van der Waals surface area contributed by atoms with Gasteiger partial charge < -0.3 is 0 Å². The third kappa shape index (κ3) is 0.604. The van der Waals surface area contributed by atoms with Gasteiger partial charge in [-0.25, -0.2) is 0 Å². The van der Waals surface area contributed by atoms with Crippen LogP contribution in [0.1, 0.15) is 26.2 Å². The monoisotopic (exact) mass is 139 g/mol. The van der Waals surface area contributed by atoms with Crippen LogP contribution >= 0.6 is 0 Å². The van der Waals surface area contributed by atoms with Crippen molar-refractivity contribution in [3.05, 3.63) is 0 Å². The fourth-order valence-electron chi connectivity index (χ4n) is 2.07. The summed E-state index contributed by atoms with van der Waals surface area (Å²) in [4.78, 5) is 0. The number of likely N-dealkylation sites (N-methyl/N-ethyl adjacent to an activating group) is 1. The van der Waals surface area contributed by atoms with Crippen molar-refractivity contribution in [2.75, 3.05) is 7.05 Å². The molecule has 3 nitrogen and oxygen atoms in total. The molecule has 0 aromatic carbocycles. The summed E-state index contributed by atoms with van der Waals surface area (Å²) in [5, 5.41) is 10.3. The molecule has 2 rings (SSSR count). The average Bonchev–Trinajstić information content (AvgIpc) is 2.35. The first-order valence-corrected chi connectivity index (χ1v) is 3.88. The van der Waals surface area contributed by atoms with Crippen LogP contribution in [0.3, 0.4) is 0 Å². The van der Waals surface area contributed by atoms with Crippen molar-refractivity contribution in [3.63, 3.8) is 0 Å². The molecule has 0 aromatic rings. The van der Waals surface area contributed by atoms with Gasteiger partial charge in [-0.1, -0.05) is 5.22 Å².